The zero-order chi connectivity index (χ0) is 72.1. The first-order valence-corrected chi connectivity index (χ1v) is 37.8. The van der Waals surface area contributed by atoms with Gasteiger partial charge in [0, 0.05) is 109 Å². The van der Waals surface area contributed by atoms with Crippen molar-refractivity contribution in [2.75, 3.05) is 0 Å². The number of benzene rings is 16. The number of furan rings is 3. The average Bonchev–Trinajstić information content (AvgIpc) is 1.58. The van der Waals surface area contributed by atoms with Gasteiger partial charge in [0.15, 0.2) is 11.6 Å². The molecule has 16 aromatic carbocycles. The number of aromatic nitrogens is 6. The molecule has 8 aromatic heterocycles. The molecule has 0 N–H and O–H groups in total. The highest BCUT2D eigenvalue weighted by molar-refractivity contribution is 7.25. The van der Waals surface area contributed by atoms with Gasteiger partial charge in [0.2, 0.25) is 11.4 Å². The normalized spacial score (nSPS) is 12.0. The Kier molecular flexibility index (Phi) is 13.7. The number of hydrogen-bond donors (Lipinski definition) is 0. The van der Waals surface area contributed by atoms with E-state index in [1.165, 1.54) is 74.6 Å². The van der Waals surface area contributed by atoms with Crippen LogP contribution >= 0.6 is 11.3 Å². The molecule has 0 amide bonds. The van der Waals surface area contributed by atoms with Gasteiger partial charge in [-0.05, 0) is 123 Å². The molecule has 24 rings (SSSR count). The van der Waals surface area contributed by atoms with Gasteiger partial charge < -0.3 is 22.4 Å². The van der Waals surface area contributed by atoms with Crippen LogP contribution in [0.25, 0.3) is 230 Å². The van der Waals surface area contributed by atoms with E-state index < -0.39 is 0 Å². The van der Waals surface area contributed by atoms with Crippen molar-refractivity contribution in [3.8, 4) is 78.9 Å². The van der Waals surface area contributed by atoms with Crippen LogP contribution in [0, 0.1) is 0 Å². The largest absolute Gasteiger partial charge is 0.456 e. The molecule has 0 spiro atoms. The van der Waals surface area contributed by atoms with Crippen LogP contribution in [0.2, 0.25) is 0 Å². The van der Waals surface area contributed by atoms with Crippen LogP contribution in [-0.2, 0) is 0 Å². The Bertz CT molecular complexity index is 7910. The SMILES string of the molecule is c1ccc(-n2c3ccccc3c3c(-c4cccc(-c5nc(-c6ccc7ccccc7c6)c6c(n5)oc5cc7oc8ccccc8c7cc56)c4)cccc32)cc1.c1ccc(-n2c3ccccc3c3cccc(-c4ccc(-c5nc(-c6cccc7ccccc67)c6c(n5)oc5cc7sc8ccccc8c7cc56)cc4)c32)cc1. The van der Waals surface area contributed by atoms with Crippen LogP contribution in [0.3, 0.4) is 0 Å². The molecule has 0 fully saturated rings. The number of rotatable bonds is 8. The molecule has 24 aromatic rings. The molecule has 0 bridgehead atoms. The molecule has 10 heteroatoms. The first-order chi connectivity index (χ1) is 54.5. The Labute approximate surface area is 631 Å². The maximum Gasteiger partial charge on any atom is 0.231 e. The van der Waals surface area contributed by atoms with Crippen LogP contribution in [0.4, 0.5) is 0 Å². The van der Waals surface area contributed by atoms with Crippen LogP contribution in [0.15, 0.2) is 365 Å². The Morgan fingerprint density at radius 3 is 1.58 bits per heavy atom. The molecule has 0 saturated heterocycles. The van der Waals surface area contributed by atoms with Crippen LogP contribution < -0.4 is 0 Å². The van der Waals surface area contributed by atoms with Gasteiger partial charge in [-0.25, -0.2) is 9.97 Å². The van der Waals surface area contributed by atoms with E-state index in [2.05, 4.69) is 337 Å². The summed E-state index contributed by atoms with van der Waals surface area (Å²) in [6.07, 6.45) is 0. The van der Waals surface area contributed by atoms with Crippen molar-refractivity contribution in [1.29, 1.82) is 0 Å². The van der Waals surface area contributed by atoms with Gasteiger partial charge in [-0.2, -0.15) is 9.97 Å². The zero-order valence-corrected chi connectivity index (χ0v) is 59.6. The van der Waals surface area contributed by atoms with Gasteiger partial charge in [0.05, 0.1) is 44.2 Å². The lowest BCUT2D eigenvalue weighted by Gasteiger charge is -2.12. The van der Waals surface area contributed by atoms with Gasteiger partial charge in [0.1, 0.15) is 22.3 Å². The molecule has 8 heterocycles. The number of hydrogen-bond acceptors (Lipinski definition) is 8. The summed E-state index contributed by atoms with van der Waals surface area (Å²) in [5, 5.41) is 17.9. The van der Waals surface area contributed by atoms with E-state index in [1.807, 2.05) is 24.3 Å². The van der Waals surface area contributed by atoms with Crippen molar-refractivity contribution in [3.05, 3.63) is 352 Å². The predicted molar refractivity (Wildman–Crippen MR) is 455 cm³/mol. The number of fused-ring (bicyclic) bond motifs is 20. The van der Waals surface area contributed by atoms with E-state index in [0.717, 1.165) is 127 Å². The number of thiophene rings is 1. The molecule has 0 unspecified atom stereocenters. The van der Waals surface area contributed by atoms with E-state index in [1.54, 1.807) is 11.3 Å². The van der Waals surface area contributed by atoms with E-state index in [0.29, 0.717) is 28.7 Å². The van der Waals surface area contributed by atoms with Gasteiger partial charge in [-0.3, -0.25) is 0 Å². The third-order valence-corrected chi connectivity index (χ3v) is 23.2. The van der Waals surface area contributed by atoms with Crippen molar-refractivity contribution in [3.63, 3.8) is 0 Å². The predicted octanol–water partition coefficient (Wildman–Crippen LogP) is 27.5. The molecule has 0 aliphatic heterocycles. The van der Waals surface area contributed by atoms with Gasteiger partial charge >= 0.3 is 0 Å². The average molecular weight is 1420 g/mol. The lowest BCUT2D eigenvalue weighted by molar-refractivity contribution is 0.647. The third kappa shape index (κ3) is 9.73. The minimum Gasteiger partial charge on any atom is -0.456 e. The lowest BCUT2D eigenvalue weighted by Crippen LogP contribution is -1.96. The maximum absolute atomic E-state index is 6.67. The van der Waals surface area contributed by atoms with E-state index in [-0.39, 0.29) is 0 Å². The first-order valence-electron chi connectivity index (χ1n) is 37.0. The van der Waals surface area contributed by atoms with Crippen molar-refractivity contribution >= 4 is 163 Å². The van der Waals surface area contributed by atoms with Crippen molar-refractivity contribution in [2.45, 2.75) is 0 Å². The Morgan fingerprint density at radius 1 is 0.236 bits per heavy atom. The summed E-state index contributed by atoms with van der Waals surface area (Å²) in [5.74, 6) is 1.23. The van der Waals surface area contributed by atoms with Crippen molar-refractivity contribution in [2.24, 2.45) is 0 Å². The molecule has 9 nitrogen and oxygen atoms in total. The highest BCUT2D eigenvalue weighted by Crippen LogP contribution is 2.47. The molecule has 0 aliphatic carbocycles. The highest BCUT2D eigenvalue weighted by atomic mass is 32.1. The quantitative estimate of drug-likeness (QED) is 0.149. The standard InChI is InChI=1S/C50H29N3O2.C50H29N3OS/c1-2-16-35(17-3-1)53-41-21-8-6-19-38(41)46-36(20-11-22-42(46)53)32-14-10-15-34(27-32)49-51-48(33-25-24-30-12-4-5-13-31(30)26-33)47-40-28-39-37-18-7-9-23-43(37)54-44(39)29-45(40)55-50(47)52-49;1-2-14-33(15-3-1)53-42-22-8-6-17-36(42)39-21-11-19-35(48(39)53)31-24-26-32(27-25-31)49-51-47(38-20-10-13-30-12-4-5-16-34(30)38)46-41-28-40-37-18-7-9-23-44(37)55-45(40)29-43(41)54-50(46)52-49/h2*1-29H. The maximum atomic E-state index is 6.67. The summed E-state index contributed by atoms with van der Waals surface area (Å²) < 4.78 is 26.7. The molecule has 0 atom stereocenters. The summed E-state index contributed by atoms with van der Waals surface area (Å²) in [4.78, 5) is 21.1. The second-order valence-corrected chi connectivity index (χ2v) is 29.3. The zero-order valence-electron chi connectivity index (χ0n) is 58.8. The topological polar surface area (TPSA) is 101 Å². The molecular weight excluding hydrogens is 1370 g/mol. The van der Waals surface area contributed by atoms with Gasteiger partial charge in [0.25, 0.3) is 0 Å². The summed E-state index contributed by atoms with van der Waals surface area (Å²) in [5.41, 5.74) is 21.4. The Morgan fingerprint density at radius 2 is 0.773 bits per heavy atom. The smallest absolute Gasteiger partial charge is 0.231 e. The van der Waals surface area contributed by atoms with Crippen LogP contribution in [0.5, 0.6) is 0 Å². The van der Waals surface area contributed by atoms with Crippen molar-refractivity contribution < 1.29 is 13.3 Å². The van der Waals surface area contributed by atoms with E-state index >= 15 is 0 Å². The number of nitrogens with zero attached hydrogens (tertiary/aromatic N) is 6. The van der Waals surface area contributed by atoms with E-state index in [4.69, 9.17) is 33.2 Å². The highest BCUT2D eigenvalue weighted by Gasteiger charge is 2.26. The lowest BCUT2D eigenvalue weighted by atomic mass is 9.97. The fourth-order valence-corrected chi connectivity index (χ4v) is 18.2. The fraction of sp³-hybridized carbons (Fsp3) is 0. The number of para-hydroxylation sites is 6. The second kappa shape index (κ2) is 24.5. The molecular formula is C100H58N6O3S. The summed E-state index contributed by atoms with van der Waals surface area (Å²) >= 11 is 1.79. The Balaban J connectivity index is 0.000000132. The molecule has 512 valence electrons. The van der Waals surface area contributed by atoms with Gasteiger partial charge in [-0.1, -0.05) is 261 Å². The first kappa shape index (κ1) is 61.7. The van der Waals surface area contributed by atoms with Crippen LogP contribution in [-0.4, -0.2) is 29.1 Å². The van der Waals surface area contributed by atoms with E-state index in [9.17, 15) is 0 Å². The molecule has 0 radical (unpaired) electrons. The second-order valence-electron chi connectivity index (χ2n) is 28.3. The van der Waals surface area contributed by atoms with Crippen molar-refractivity contribution in [1.82, 2.24) is 29.1 Å². The summed E-state index contributed by atoms with van der Waals surface area (Å²) in [7, 11) is 0. The molecule has 110 heavy (non-hydrogen) atoms. The summed E-state index contributed by atoms with van der Waals surface area (Å²) in [6.45, 7) is 0. The minimum atomic E-state index is 0.540. The third-order valence-electron chi connectivity index (χ3n) is 22.0. The molecule has 0 aliphatic rings. The van der Waals surface area contributed by atoms with Gasteiger partial charge in [-0.15, -0.1) is 11.3 Å². The molecule has 0 saturated carbocycles. The summed E-state index contributed by atoms with van der Waals surface area (Å²) in [6, 6.07) is 124. The van der Waals surface area contributed by atoms with Crippen LogP contribution in [0.1, 0.15) is 0 Å². The fourth-order valence-electron chi connectivity index (χ4n) is 17.1. The minimum absolute atomic E-state index is 0.540. The monoisotopic (exact) mass is 1420 g/mol. The Hall–Kier alpha value is -14.6.